The number of hydrogen-bond donors (Lipinski definition) is 2. The Morgan fingerprint density at radius 1 is 1.06 bits per heavy atom. The molecule has 3 aromatic rings. The van der Waals surface area contributed by atoms with Crippen LogP contribution in [0.3, 0.4) is 0 Å². The first-order chi connectivity index (χ1) is 16.6. The molecule has 0 saturated heterocycles. The molecule has 34 heavy (non-hydrogen) atoms. The van der Waals surface area contributed by atoms with Crippen LogP contribution in [0.5, 0.6) is 5.75 Å². The second kappa shape index (κ2) is 11.7. The van der Waals surface area contributed by atoms with E-state index < -0.39 is 6.03 Å². The highest BCUT2D eigenvalue weighted by Crippen LogP contribution is 2.25. The van der Waals surface area contributed by atoms with Gasteiger partial charge in [0.15, 0.2) is 5.16 Å². The van der Waals surface area contributed by atoms with E-state index in [1.165, 1.54) is 11.8 Å². The van der Waals surface area contributed by atoms with Gasteiger partial charge in [-0.05, 0) is 49.6 Å². The van der Waals surface area contributed by atoms with Gasteiger partial charge in [0.2, 0.25) is 5.91 Å². The Hall–Kier alpha value is -3.33. The normalized spacial score (nSPS) is 13.6. The molecule has 1 aliphatic carbocycles. The summed E-state index contributed by atoms with van der Waals surface area (Å²) in [4.78, 5) is 24.5. The third-order valence-electron chi connectivity index (χ3n) is 5.59. The molecule has 1 aromatic heterocycles. The summed E-state index contributed by atoms with van der Waals surface area (Å²) in [5, 5.41) is 14.6. The van der Waals surface area contributed by atoms with Crippen molar-refractivity contribution in [3.05, 3.63) is 66.0 Å². The topological polar surface area (TPSA) is 98.1 Å². The number of ether oxygens (including phenoxy) is 1. The molecular weight excluding hydrogens is 450 g/mol. The van der Waals surface area contributed by atoms with Crippen LogP contribution in [0, 0.1) is 0 Å². The van der Waals surface area contributed by atoms with Crippen LogP contribution < -0.4 is 15.4 Å². The Balaban J connectivity index is 1.47. The third kappa shape index (κ3) is 6.38. The van der Waals surface area contributed by atoms with Crippen molar-refractivity contribution in [2.45, 2.75) is 50.2 Å². The summed E-state index contributed by atoms with van der Waals surface area (Å²) >= 11 is 1.25. The maximum absolute atomic E-state index is 12.4. The van der Waals surface area contributed by atoms with Gasteiger partial charge >= 0.3 is 6.03 Å². The van der Waals surface area contributed by atoms with Crippen molar-refractivity contribution in [1.82, 2.24) is 25.4 Å². The number of hydrogen-bond acceptors (Lipinski definition) is 6. The number of benzene rings is 2. The van der Waals surface area contributed by atoms with Crippen LogP contribution in [-0.2, 0) is 11.2 Å². The molecule has 0 radical (unpaired) electrons. The molecule has 3 amide bonds. The summed E-state index contributed by atoms with van der Waals surface area (Å²) in [6.07, 6.45) is 4.75. The zero-order chi connectivity index (χ0) is 23.8. The fraction of sp³-hybridized carbons (Fsp3) is 0.360. The van der Waals surface area contributed by atoms with Crippen LogP contribution in [0.1, 0.15) is 44.0 Å². The third-order valence-corrected chi connectivity index (χ3v) is 6.52. The smallest absolute Gasteiger partial charge is 0.321 e. The predicted octanol–water partition coefficient (Wildman–Crippen LogP) is 4.12. The van der Waals surface area contributed by atoms with Gasteiger partial charge in [0.1, 0.15) is 11.6 Å². The Bertz CT molecular complexity index is 1100. The zero-order valence-corrected chi connectivity index (χ0v) is 20.0. The summed E-state index contributed by atoms with van der Waals surface area (Å²) in [6, 6.07) is 17.5. The molecule has 4 rings (SSSR count). The molecule has 2 aromatic carbocycles. The number of amides is 3. The minimum Gasteiger partial charge on any atom is -0.494 e. The standard InChI is InChI=1S/C25H29N5O3S/c1-2-33-21-14-12-20(13-15-21)30-22(16-18-8-4-3-5-9-18)28-29-25(30)34-17-23(31)27-24(32)26-19-10-6-7-11-19/h3-5,8-9,12-15,19H,2,6-7,10-11,16-17H2,1H3,(H2,26,27,31,32). The summed E-state index contributed by atoms with van der Waals surface area (Å²) in [5.74, 6) is 1.23. The number of aromatic nitrogens is 3. The lowest BCUT2D eigenvalue weighted by Gasteiger charge is -2.13. The van der Waals surface area contributed by atoms with Crippen molar-refractivity contribution in [3.63, 3.8) is 0 Å². The van der Waals surface area contributed by atoms with Gasteiger partial charge in [-0.3, -0.25) is 14.7 Å². The molecule has 0 bridgehead atoms. The van der Waals surface area contributed by atoms with E-state index in [1.54, 1.807) is 0 Å². The largest absolute Gasteiger partial charge is 0.494 e. The van der Waals surface area contributed by atoms with Gasteiger partial charge in [0, 0.05) is 18.2 Å². The van der Waals surface area contributed by atoms with Crippen LogP contribution in [-0.4, -0.2) is 45.1 Å². The Kier molecular flexibility index (Phi) is 8.19. The molecule has 1 saturated carbocycles. The molecule has 0 aliphatic heterocycles. The number of nitrogens with one attached hydrogen (secondary N) is 2. The molecule has 178 valence electrons. The molecule has 8 nitrogen and oxygen atoms in total. The maximum Gasteiger partial charge on any atom is 0.321 e. The van der Waals surface area contributed by atoms with Crippen molar-refractivity contribution in [1.29, 1.82) is 0 Å². The number of urea groups is 1. The van der Waals surface area contributed by atoms with Gasteiger partial charge in [-0.25, -0.2) is 4.79 Å². The van der Waals surface area contributed by atoms with E-state index in [1.807, 2.05) is 66.1 Å². The van der Waals surface area contributed by atoms with Gasteiger partial charge in [-0.1, -0.05) is 54.9 Å². The highest BCUT2D eigenvalue weighted by atomic mass is 32.2. The number of rotatable bonds is 9. The van der Waals surface area contributed by atoms with Crippen LogP contribution in [0.15, 0.2) is 59.8 Å². The zero-order valence-electron chi connectivity index (χ0n) is 19.2. The molecular formula is C25H29N5O3S. The van der Waals surface area contributed by atoms with E-state index in [0.29, 0.717) is 18.2 Å². The average Bonchev–Trinajstić information content (AvgIpc) is 3.49. The highest BCUT2D eigenvalue weighted by Gasteiger charge is 2.20. The molecule has 1 aliphatic rings. The van der Waals surface area contributed by atoms with E-state index in [4.69, 9.17) is 4.74 Å². The molecule has 0 spiro atoms. The summed E-state index contributed by atoms with van der Waals surface area (Å²) < 4.78 is 7.50. The maximum atomic E-state index is 12.4. The number of carbonyl (C=O) groups excluding carboxylic acids is 2. The first-order valence-electron chi connectivity index (χ1n) is 11.6. The summed E-state index contributed by atoms with van der Waals surface area (Å²) in [5.41, 5.74) is 1.99. The summed E-state index contributed by atoms with van der Waals surface area (Å²) in [7, 11) is 0. The molecule has 1 fully saturated rings. The number of imide groups is 1. The molecule has 1 heterocycles. The number of nitrogens with zero attached hydrogens (tertiary/aromatic N) is 3. The Morgan fingerprint density at radius 3 is 2.50 bits per heavy atom. The SMILES string of the molecule is CCOc1ccc(-n2c(Cc3ccccc3)nnc2SCC(=O)NC(=O)NC2CCCC2)cc1. The van der Waals surface area contributed by atoms with Gasteiger partial charge in [0.05, 0.1) is 12.4 Å². The van der Waals surface area contributed by atoms with E-state index in [2.05, 4.69) is 20.8 Å². The predicted molar refractivity (Wildman–Crippen MR) is 131 cm³/mol. The molecule has 2 N–H and O–H groups in total. The van der Waals surface area contributed by atoms with Crippen LogP contribution in [0.25, 0.3) is 5.69 Å². The second-order valence-corrected chi connectivity index (χ2v) is 9.06. The van der Waals surface area contributed by atoms with E-state index >= 15 is 0 Å². The van der Waals surface area contributed by atoms with Gasteiger partial charge in [0.25, 0.3) is 0 Å². The van der Waals surface area contributed by atoms with Gasteiger partial charge in [-0.2, -0.15) is 0 Å². The first kappa shape index (κ1) is 23.8. The van der Waals surface area contributed by atoms with Crippen molar-refractivity contribution in [2.24, 2.45) is 0 Å². The Morgan fingerprint density at radius 2 is 1.79 bits per heavy atom. The monoisotopic (exact) mass is 479 g/mol. The lowest BCUT2D eigenvalue weighted by atomic mass is 10.1. The second-order valence-electron chi connectivity index (χ2n) is 8.12. The van der Waals surface area contributed by atoms with Crippen molar-refractivity contribution >= 4 is 23.7 Å². The van der Waals surface area contributed by atoms with E-state index in [-0.39, 0.29) is 17.7 Å². The molecule has 0 atom stereocenters. The minimum absolute atomic E-state index is 0.0542. The first-order valence-corrected chi connectivity index (χ1v) is 12.6. The van der Waals surface area contributed by atoms with Crippen molar-refractivity contribution in [2.75, 3.05) is 12.4 Å². The van der Waals surface area contributed by atoms with Crippen LogP contribution in [0.2, 0.25) is 0 Å². The van der Waals surface area contributed by atoms with Gasteiger partial charge in [-0.15, -0.1) is 10.2 Å². The fourth-order valence-corrected chi connectivity index (χ4v) is 4.76. The minimum atomic E-state index is -0.435. The lowest BCUT2D eigenvalue weighted by molar-refractivity contribution is -0.117. The van der Waals surface area contributed by atoms with Crippen LogP contribution >= 0.6 is 11.8 Å². The Labute approximate surface area is 203 Å². The number of thioether (sulfide) groups is 1. The summed E-state index contributed by atoms with van der Waals surface area (Å²) in [6.45, 7) is 2.54. The van der Waals surface area contributed by atoms with Crippen LogP contribution in [0.4, 0.5) is 4.79 Å². The van der Waals surface area contributed by atoms with Crippen molar-refractivity contribution < 1.29 is 14.3 Å². The average molecular weight is 480 g/mol. The van der Waals surface area contributed by atoms with Gasteiger partial charge < -0.3 is 10.1 Å². The van der Waals surface area contributed by atoms with E-state index in [9.17, 15) is 9.59 Å². The molecule has 9 heteroatoms. The number of carbonyl (C=O) groups is 2. The van der Waals surface area contributed by atoms with E-state index in [0.717, 1.165) is 48.5 Å². The highest BCUT2D eigenvalue weighted by molar-refractivity contribution is 7.99. The lowest BCUT2D eigenvalue weighted by Crippen LogP contribution is -2.44. The fourth-order valence-electron chi connectivity index (χ4n) is 3.99. The molecule has 0 unspecified atom stereocenters. The quantitative estimate of drug-likeness (QED) is 0.448. The van der Waals surface area contributed by atoms with Crippen molar-refractivity contribution in [3.8, 4) is 11.4 Å².